The van der Waals surface area contributed by atoms with Gasteiger partial charge in [-0.1, -0.05) is 12.1 Å². The van der Waals surface area contributed by atoms with E-state index in [1.54, 1.807) is 12.4 Å². The Balaban J connectivity index is 1.20. The molecule has 2 amide bonds. The van der Waals surface area contributed by atoms with E-state index in [-0.39, 0.29) is 6.03 Å². The van der Waals surface area contributed by atoms with E-state index in [1.165, 1.54) is 0 Å². The summed E-state index contributed by atoms with van der Waals surface area (Å²) in [5.41, 5.74) is 3.31. The second kappa shape index (κ2) is 8.07. The molecule has 1 saturated heterocycles. The summed E-state index contributed by atoms with van der Waals surface area (Å²) in [5.74, 6) is 0. The lowest BCUT2D eigenvalue weighted by Gasteiger charge is -2.36. The number of carbonyl (C=O) groups excluding carboxylic acids is 1. The van der Waals surface area contributed by atoms with E-state index in [0.717, 1.165) is 55.9 Å². The van der Waals surface area contributed by atoms with Crippen molar-refractivity contribution in [2.24, 2.45) is 0 Å². The molecule has 7 nitrogen and oxygen atoms in total. The molecule has 0 spiro atoms. The zero-order valence-corrected chi connectivity index (χ0v) is 15.3. The normalized spacial score (nSPS) is 14.5. The average Bonchev–Trinajstić information content (AvgIpc) is 3.15. The number of carbonyl (C=O) groups is 1. The number of urea groups is 1. The van der Waals surface area contributed by atoms with Crippen LogP contribution in [0.4, 0.5) is 10.5 Å². The molecule has 1 N–H and O–H groups in total. The van der Waals surface area contributed by atoms with Crippen LogP contribution < -0.4 is 10.2 Å². The van der Waals surface area contributed by atoms with E-state index < -0.39 is 0 Å². The molecular formula is C20H24N6O. The Morgan fingerprint density at radius 1 is 1.04 bits per heavy atom. The van der Waals surface area contributed by atoms with Crippen molar-refractivity contribution in [3.05, 3.63) is 55.1 Å². The molecule has 1 aromatic carbocycles. The summed E-state index contributed by atoms with van der Waals surface area (Å²) in [6, 6.07) is 12.1. The van der Waals surface area contributed by atoms with Gasteiger partial charge < -0.3 is 19.7 Å². The number of nitrogens with one attached hydrogen (secondary N) is 1. The van der Waals surface area contributed by atoms with Gasteiger partial charge in [0.25, 0.3) is 0 Å². The molecule has 7 heteroatoms. The number of aryl methyl sites for hydroxylation is 1. The standard InChI is InChI=1S/C20H24N6O/c27-20(25-14-12-24(13-15-25)17-6-9-21-10-7-17)22-8-3-11-26-16-23-18-4-1-2-5-19(18)26/h1-2,4-7,9-10,16H,3,8,11-15H2,(H,22,27). The minimum Gasteiger partial charge on any atom is -0.368 e. The maximum Gasteiger partial charge on any atom is 0.317 e. The highest BCUT2D eigenvalue weighted by atomic mass is 16.2. The lowest BCUT2D eigenvalue weighted by Crippen LogP contribution is -2.52. The van der Waals surface area contributed by atoms with E-state index in [1.807, 2.05) is 41.6 Å². The molecule has 140 valence electrons. The van der Waals surface area contributed by atoms with Crippen LogP contribution in [0.2, 0.25) is 0 Å². The van der Waals surface area contributed by atoms with Crippen LogP contribution in [0.1, 0.15) is 6.42 Å². The van der Waals surface area contributed by atoms with Crippen molar-refractivity contribution in [3.8, 4) is 0 Å². The van der Waals surface area contributed by atoms with Crippen molar-refractivity contribution in [1.29, 1.82) is 0 Å². The largest absolute Gasteiger partial charge is 0.368 e. The third-order valence-corrected chi connectivity index (χ3v) is 4.97. The molecular weight excluding hydrogens is 340 g/mol. The van der Waals surface area contributed by atoms with Gasteiger partial charge >= 0.3 is 6.03 Å². The molecule has 1 fully saturated rings. The number of hydrogen-bond donors (Lipinski definition) is 1. The van der Waals surface area contributed by atoms with Crippen LogP contribution in [0, 0.1) is 0 Å². The number of rotatable bonds is 5. The second-order valence-electron chi connectivity index (χ2n) is 6.69. The number of amides is 2. The number of benzene rings is 1. The Morgan fingerprint density at radius 3 is 2.63 bits per heavy atom. The third kappa shape index (κ3) is 4.02. The first-order valence-electron chi connectivity index (χ1n) is 9.39. The molecule has 0 atom stereocenters. The number of anilines is 1. The van der Waals surface area contributed by atoms with Gasteiger partial charge in [-0.3, -0.25) is 4.98 Å². The van der Waals surface area contributed by atoms with E-state index in [4.69, 9.17) is 0 Å². The molecule has 4 rings (SSSR count). The lowest BCUT2D eigenvalue weighted by atomic mass is 10.3. The monoisotopic (exact) mass is 364 g/mol. The highest BCUT2D eigenvalue weighted by Crippen LogP contribution is 2.15. The predicted octanol–water partition coefficient (Wildman–Crippen LogP) is 2.35. The van der Waals surface area contributed by atoms with Gasteiger partial charge in [-0.15, -0.1) is 0 Å². The van der Waals surface area contributed by atoms with Crippen LogP contribution in [0.5, 0.6) is 0 Å². The van der Waals surface area contributed by atoms with Gasteiger partial charge in [-0.25, -0.2) is 9.78 Å². The number of nitrogens with zero attached hydrogens (tertiary/aromatic N) is 5. The number of piperazine rings is 1. The van der Waals surface area contributed by atoms with Crippen LogP contribution in [0.25, 0.3) is 11.0 Å². The summed E-state index contributed by atoms with van der Waals surface area (Å²) >= 11 is 0. The summed E-state index contributed by atoms with van der Waals surface area (Å²) in [5, 5.41) is 3.04. The fraction of sp³-hybridized carbons (Fsp3) is 0.350. The predicted molar refractivity (Wildman–Crippen MR) is 106 cm³/mol. The molecule has 27 heavy (non-hydrogen) atoms. The Morgan fingerprint density at radius 2 is 1.81 bits per heavy atom. The van der Waals surface area contributed by atoms with Gasteiger partial charge in [0.2, 0.25) is 0 Å². The molecule has 1 aliphatic rings. The highest BCUT2D eigenvalue weighted by molar-refractivity contribution is 5.75. The average molecular weight is 364 g/mol. The van der Waals surface area contributed by atoms with Crippen molar-refractivity contribution in [1.82, 2.24) is 24.8 Å². The number of pyridine rings is 1. The fourth-order valence-corrected chi connectivity index (χ4v) is 3.47. The Bertz CT molecular complexity index is 886. The van der Waals surface area contributed by atoms with Crippen LogP contribution in [-0.4, -0.2) is 58.2 Å². The second-order valence-corrected chi connectivity index (χ2v) is 6.69. The molecule has 1 aliphatic heterocycles. The molecule has 3 heterocycles. The van der Waals surface area contributed by atoms with Crippen molar-refractivity contribution in [2.45, 2.75) is 13.0 Å². The minimum atomic E-state index is 0.0277. The van der Waals surface area contributed by atoms with E-state index in [9.17, 15) is 4.79 Å². The topological polar surface area (TPSA) is 66.3 Å². The smallest absolute Gasteiger partial charge is 0.317 e. The van der Waals surface area contributed by atoms with Gasteiger partial charge in [-0.2, -0.15) is 0 Å². The summed E-state index contributed by atoms with van der Waals surface area (Å²) in [6.07, 6.45) is 6.35. The first-order chi connectivity index (χ1) is 13.3. The number of imidazole rings is 1. The van der Waals surface area contributed by atoms with E-state index in [2.05, 4.69) is 30.8 Å². The highest BCUT2D eigenvalue weighted by Gasteiger charge is 2.20. The summed E-state index contributed by atoms with van der Waals surface area (Å²) in [4.78, 5) is 25.0. The zero-order chi connectivity index (χ0) is 18.5. The molecule has 0 bridgehead atoms. The SMILES string of the molecule is O=C(NCCCn1cnc2ccccc21)N1CCN(c2ccncc2)CC1. The third-order valence-electron chi connectivity index (χ3n) is 4.97. The Kier molecular flexibility index (Phi) is 5.18. The first kappa shape index (κ1) is 17.3. The molecule has 0 aliphatic carbocycles. The van der Waals surface area contributed by atoms with Gasteiger partial charge in [0.05, 0.1) is 17.4 Å². The van der Waals surface area contributed by atoms with Crippen molar-refractivity contribution >= 4 is 22.8 Å². The van der Waals surface area contributed by atoms with Gasteiger partial charge in [0, 0.05) is 57.3 Å². The molecule has 0 unspecified atom stereocenters. The summed E-state index contributed by atoms with van der Waals surface area (Å²) in [6.45, 7) is 4.67. The maximum absolute atomic E-state index is 12.4. The van der Waals surface area contributed by atoms with Crippen molar-refractivity contribution < 1.29 is 4.79 Å². The van der Waals surface area contributed by atoms with Crippen molar-refractivity contribution in [3.63, 3.8) is 0 Å². The first-order valence-corrected chi connectivity index (χ1v) is 9.39. The van der Waals surface area contributed by atoms with Gasteiger partial charge in [0.1, 0.15) is 0 Å². The Hall–Kier alpha value is -3.09. The molecule has 3 aromatic rings. The lowest BCUT2D eigenvalue weighted by molar-refractivity contribution is 0.194. The van der Waals surface area contributed by atoms with E-state index >= 15 is 0 Å². The van der Waals surface area contributed by atoms with Gasteiger partial charge in [-0.05, 0) is 30.7 Å². The van der Waals surface area contributed by atoms with Gasteiger partial charge in [0.15, 0.2) is 0 Å². The molecule has 0 saturated carbocycles. The molecule has 2 aromatic heterocycles. The number of fused-ring (bicyclic) bond motifs is 1. The zero-order valence-electron chi connectivity index (χ0n) is 15.3. The number of para-hydroxylation sites is 2. The van der Waals surface area contributed by atoms with Crippen molar-refractivity contribution in [2.75, 3.05) is 37.6 Å². The van der Waals surface area contributed by atoms with Crippen LogP contribution >= 0.6 is 0 Å². The van der Waals surface area contributed by atoms with Crippen LogP contribution in [0.15, 0.2) is 55.1 Å². The van der Waals surface area contributed by atoms with E-state index in [0.29, 0.717) is 6.54 Å². The fourth-order valence-electron chi connectivity index (χ4n) is 3.47. The number of aromatic nitrogens is 3. The number of hydrogen-bond acceptors (Lipinski definition) is 4. The Labute approximate surface area is 158 Å². The van der Waals surface area contributed by atoms with Crippen LogP contribution in [-0.2, 0) is 6.54 Å². The van der Waals surface area contributed by atoms with Crippen LogP contribution in [0.3, 0.4) is 0 Å². The quantitative estimate of drug-likeness (QED) is 0.706. The minimum absolute atomic E-state index is 0.0277. The summed E-state index contributed by atoms with van der Waals surface area (Å²) < 4.78 is 2.13. The summed E-state index contributed by atoms with van der Waals surface area (Å²) in [7, 11) is 0. The molecule has 0 radical (unpaired) electrons. The maximum atomic E-state index is 12.4.